The Morgan fingerprint density at radius 1 is 1.08 bits per heavy atom. The first-order valence-corrected chi connectivity index (χ1v) is 7.68. The van der Waals surface area contributed by atoms with E-state index in [1.807, 2.05) is 43.3 Å². The minimum atomic E-state index is -1.25. The van der Waals surface area contributed by atoms with Crippen molar-refractivity contribution in [2.24, 2.45) is 5.92 Å². The highest BCUT2D eigenvalue weighted by Crippen LogP contribution is 2.24. The van der Waals surface area contributed by atoms with E-state index in [1.54, 1.807) is 24.4 Å². The molecular formula is C19H20N2O3. The molecule has 0 amide bonds. The van der Waals surface area contributed by atoms with Crippen LogP contribution in [0.5, 0.6) is 0 Å². The summed E-state index contributed by atoms with van der Waals surface area (Å²) in [5.74, 6) is -2.30. The van der Waals surface area contributed by atoms with Crippen LogP contribution in [0.4, 0.5) is 5.69 Å². The summed E-state index contributed by atoms with van der Waals surface area (Å²) in [5.41, 5.74) is 2.56. The molecule has 0 N–H and O–H groups in total. The Hall–Kier alpha value is -2.82. The third kappa shape index (κ3) is 4.13. The lowest BCUT2D eigenvalue weighted by molar-refractivity contribution is -0.132. The van der Waals surface area contributed by atoms with Gasteiger partial charge in [-0.3, -0.25) is 9.78 Å². The van der Waals surface area contributed by atoms with Crippen molar-refractivity contribution in [1.29, 1.82) is 0 Å². The third-order valence-corrected chi connectivity index (χ3v) is 3.90. The van der Waals surface area contributed by atoms with E-state index >= 15 is 0 Å². The van der Waals surface area contributed by atoms with Gasteiger partial charge >= 0.3 is 0 Å². The molecule has 1 aromatic heterocycles. The van der Waals surface area contributed by atoms with Gasteiger partial charge < -0.3 is 14.5 Å². The van der Waals surface area contributed by atoms with Gasteiger partial charge in [0.05, 0.1) is 11.6 Å². The zero-order valence-corrected chi connectivity index (χ0v) is 13.8. The average molecular weight is 324 g/mol. The summed E-state index contributed by atoms with van der Waals surface area (Å²) in [6, 6.07) is 13.1. The van der Waals surface area contributed by atoms with Crippen molar-refractivity contribution >= 4 is 24.0 Å². The predicted octanol–water partition coefficient (Wildman–Crippen LogP) is 2.06. The standard InChI is InChI=1S/C19H20N2O3/c1-21(2)16-8-6-14(7-9-16)11-17(18-5-3-4-10-20-18)19(24)15(12-22)13-23/h3-10,12-13,15,17H,11H2,1-2H3. The van der Waals surface area contributed by atoms with Gasteiger partial charge in [0.2, 0.25) is 0 Å². The van der Waals surface area contributed by atoms with Crippen molar-refractivity contribution in [1.82, 2.24) is 4.98 Å². The smallest absolute Gasteiger partial charge is 0.159 e. The molecule has 124 valence electrons. The SMILES string of the molecule is CN(C)c1ccc(CC(C(=O)C(C=O)C=O)c2ccccn2)cc1. The quantitative estimate of drug-likeness (QED) is 0.549. The van der Waals surface area contributed by atoms with Crippen LogP contribution in [-0.4, -0.2) is 37.4 Å². The van der Waals surface area contributed by atoms with Crippen molar-refractivity contribution < 1.29 is 14.4 Å². The molecule has 0 aliphatic carbocycles. The van der Waals surface area contributed by atoms with E-state index in [2.05, 4.69) is 4.98 Å². The van der Waals surface area contributed by atoms with Crippen LogP contribution in [0.1, 0.15) is 17.2 Å². The van der Waals surface area contributed by atoms with E-state index in [9.17, 15) is 14.4 Å². The van der Waals surface area contributed by atoms with Gasteiger partial charge in [-0.05, 0) is 36.2 Å². The molecule has 5 nitrogen and oxygen atoms in total. The normalized spacial score (nSPS) is 11.8. The van der Waals surface area contributed by atoms with Crippen LogP contribution in [0.3, 0.4) is 0 Å². The molecule has 1 unspecified atom stereocenters. The minimum Gasteiger partial charge on any atom is -0.378 e. The van der Waals surface area contributed by atoms with Crippen LogP contribution in [0.25, 0.3) is 0 Å². The summed E-state index contributed by atoms with van der Waals surface area (Å²) in [6.07, 6.45) is 2.77. The Bertz CT molecular complexity index is 688. The number of carbonyl (C=O) groups is 3. The van der Waals surface area contributed by atoms with E-state index in [4.69, 9.17) is 0 Å². The molecular weight excluding hydrogens is 304 g/mol. The van der Waals surface area contributed by atoms with Crippen molar-refractivity contribution in [3.8, 4) is 0 Å². The summed E-state index contributed by atoms with van der Waals surface area (Å²) in [5, 5.41) is 0. The number of benzene rings is 1. The number of carbonyl (C=O) groups excluding carboxylic acids is 3. The van der Waals surface area contributed by atoms with Crippen LogP contribution in [0, 0.1) is 5.92 Å². The molecule has 0 aliphatic rings. The Kier molecular flexibility index (Phi) is 5.95. The maximum absolute atomic E-state index is 12.6. The fourth-order valence-electron chi connectivity index (χ4n) is 2.50. The van der Waals surface area contributed by atoms with Crippen LogP contribution >= 0.6 is 0 Å². The van der Waals surface area contributed by atoms with E-state index < -0.39 is 17.6 Å². The van der Waals surface area contributed by atoms with Crippen molar-refractivity contribution in [2.45, 2.75) is 12.3 Å². The number of hydrogen-bond acceptors (Lipinski definition) is 5. The fourth-order valence-corrected chi connectivity index (χ4v) is 2.50. The van der Waals surface area contributed by atoms with Gasteiger partial charge in [0.25, 0.3) is 0 Å². The number of rotatable bonds is 8. The maximum atomic E-state index is 12.6. The molecule has 0 fully saturated rings. The Morgan fingerprint density at radius 3 is 2.25 bits per heavy atom. The van der Waals surface area contributed by atoms with Crippen LogP contribution in [-0.2, 0) is 20.8 Å². The Morgan fingerprint density at radius 2 is 1.75 bits per heavy atom. The Balaban J connectivity index is 2.30. The number of hydrogen-bond donors (Lipinski definition) is 0. The lowest BCUT2D eigenvalue weighted by Crippen LogP contribution is -2.26. The molecule has 1 aromatic carbocycles. The number of nitrogens with zero attached hydrogens (tertiary/aromatic N) is 2. The molecule has 0 bridgehead atoms. The molecule has 0 saturated carbocycles. The molecule has 1 heterocycles. The first-order chi connectivity index (χ1) is 11.6. The summed E-state index contributed by atoms with van der Waals surface area (Å²) in [7, 11) is 3.90. The zero-order chi connectivity index (χ0) is 17.5. The third-order valence-electron chi connectivity index (χ3n) is 3.90. The van der Waals surface area contributed by atoms with Gasteiger partial charge in [0.15, 0.2) is 5.78 Å². The molecule has 0 radical (unpaired) electrons. The maximum Gasteiger partial charge on any atom is 0.159 e. The molecule has 2 rings (SSSR count). The van der Waals surface area contributed by atoms with Crippen LogP contribution in [0.2, 0.25) is 0 Å². The lowest BCUT2D eigenvalue weighted by Gasteiger charge is -2.18. The monoisotopic (exact) mass is 324 g/mol. The predicted molar refractivity (Wildman–Crippen MR) is 92.1 cm³/mol. The van der Waals surface area contributed by atoms with Gasteiger partial charge in [0, 0.05) is 26.0 Å². The average Bonchev–Trinajstić information content (AvgIpc) is 2.61. The molecule has 0 aliphatic heterocycles. The first-order valence-electron chi connectivity index (χ1n) is 7.68. The van der Waals surface area contributed by atoms with Gasteiger partial charge in [-0.2, -0.15) is 0 Å². The number of anilines is 1. The highest BCUT2D eigenvalue weighted by Gasteiger charge is 2.28. The van der Waals surface area contributed by atoms with Gasteiger partial charge in [0.1, 0.15) is 18.5 Å². The molecule has 1 atom stereocenters. The van der Waals surface area contributed by atoms with E-state index in [0.29, 0.717) is 24.7 Å². The largest absolute Gasteiger partial charge is 0.378 e. The fraction of sp³-hybridized carbons (Fsp3) is 0.263. The van der Waals surface area contributed by atoms with E-state index in [-0.39, 0.29) is 0 Å². The molecule has 5 heteroatoms. The highest BCUT2D eigenvalue weighted by atomic mass is 16.2. The second-order valence-electron chi connectivity index (χ2n) is 5.77. The summed E-state index contributed by atoms with van der Waals surface area (Å²) >= 11 is 0. The molecule has 2 aromatic rings. The van der Waals surface area contributed by atoms with Crippen LogP contribution < -0.4 is 4.90 Å². The van der Waals surface area contributed by atoms with Crippen molar-refractivity contribution in [2.75, 3.05) is 19.0 Å². The molecule has 24 heavy (non-hydrogen) atoms. The zero-order valence-electron chi connectivity index (χ0n) is 13.8. The number of pyridine rings is 1. The number of aromatic nitrogens is 1. The lowest BCUT2D eigenvalue weighted by atomic mass is 9.86. The number of aldehydes is 2. The van der Waals surface area contributed by atoms with E-state index in [0.717, 1.165) is 11.3 Å². The molecule has 0 spiro atoms. The van der Waals surface area contributed by atoms with Gasteiger partial charge in [-0.15, -0.1) is 0 Å². The van der Waals surface area contributed by atoms with E-state index in [1.165, 1.54) is 0 Å². The topological polar surface area (TPSA) is 67.3 Å². The second kappa shape index (κ2) is 8.15. The number of ketones is 1. The Labute approximate surface area is 141 Å². The molecule has 0 saturated heterocycles. The summed E-state index contributed by atoms with van der Waals surface area (Å²) < 4.78 is 0. The van der Waals surface area contributed by atoms with Crippen molar-refractivity contribution in [3.05, 3.63) is 59.9 Å². The van der Waals surface area contributed by atoms with Gasteiger partial charge in [-0.25, -0.2) is 0 Å². The highest BCUT2D eigenvalue weighted by molar-refractivity contribution is 6.08. The van der Waals surface area contributed by atoms with Crippen LogP contribution in [0.15, 0.2) is 48.7 Å². The summed E-state index contributed by atoms with van der Waals surface area (Å²) in [6.45, 7) is 0. The van der Waals surface area contributed by atoms with Gasteiger partial charge in [-0.1, -0.05) is 18.2 Å². The van der Waals surface area contributed by atoms with Crippen molar-refractivity contribution in [3.63, 3.8) is 0 Å². The summed E-state index contributed by atoms with van der Waals surface area (Å²) in [4.78, 5) is 40.8. The number of Topliss-reactive ketones (excluding diaryl/α,β-unsaturated/α-hetero) is 1. The minimum absolute atomic E-state index is 0.389. The second-order valence-corrected chi connectivity index (χ2v) is 5.77. The first kappa shape index (κ1) is 17.5.